The van der Waals surface area contributed by atoms with Gasteiger partial charge < -0.3 is 10.1 Å². The van der Waals surface area contributed by atoms with Crippen LogP contribution in [0.4, 0.5) is 11.4 Å². The van der Waals surface area contributed by atoms with Crippen LogP contribution < -0.4 is 10.0 Å². The van der Waals surface area contributed by atoms with Crippen molar-refractivity contribution in [2.24, 2.45) is 0 Å². The summed E-state index contributed by atoms with van der Waals surface area (Å²) in [5, 5.41) is 3.57. The van der Waals surface area contributed by atoms with Crippen LogP contribution in [0.15, 0.2) is 66.7 Å². The SMILES string of the molecule is Cc1ccc2nc(-c3ccc(NC(=O)COC(=O)c4cccc(NS(C)(=O)=O)c4)cc3)sc2c1. The third-order valence-corrected chi connectivity index (χ3v) is 6.37. The smallest absolute Gasteiger partial charge is 0.338 e. The average Bonchev–Trinajstić information content (AvgIpc) is 3.20. The largest absolute Gasteiger partial charge is 0.452 e. The molecule has 0 bridgehead atoms. The lowest BCUT2D eigenvalue weighted by Crippen LogP contribution is -2.21. The number of esters is 1. The number of amides is 1. The molecule has 3 aromatic carbocycles. The van der Waals surface area contributed by atoms with Crippen molar-refractivity contribution in [1.29, 1.82) is 0 Å². The second-order valence-electron chi connectivity index (χ2n) is 7.65. The zero-order valence-electron chi connectivity index (χ0n) is 18.4. The predicted octanol–water partition coefficient (Wildman–Crippen LogP) is 4.44. The molecule has 10 heteroatoms. The minimum atomic E-state index is -3.48. The predicted molar refractivity (Wildman–Crippen MR) is 134 cm³/mol. The Morgan fingerprint density at radius 3 is 2.50 bits per heavy atom. The Bertz CT molecular complexity index is 1480. The van der Waals surface area contributed by atoms with E-state index in [0.717, 1.165) is 27.0 Å². The topological polar surface area (TPSA) is 114 Å². The Labute approximate surface area is 200 Å². The maximum Gasteiger partial charge on any atom is 0.338 e. The fraction of sp³-hybridized carbons (Fsp3) is 0.125. The van der Waals surface area contributed by atoms with Crippen LogP contribution in [-0.4, -0.2) is 38.1 Å². The van der Waals surface area contributed by atoms with E-state index in [4.69, 9.17) is 4.74 Å². The molecule has 174 valence electrons. The number of fused-ring (bicyclic) bond motifs is 1. The number of thiazole rings is 1. The summed E-state index contributed by atoms with van der Waals surface area (Å²) in [6.45, 7) is 1.56. The van der Waals surface area contributed by atoms with Crippen molar-refractivity contribution in [2.75, 3.05) is 22.9 Å². The number of nitrogens with one attached hydrogen (secondary N) is 2. The van der Waals surface area contributed by atoms with Gasteiger partial charge in [-0.25, -0.2) is 18.2 Å². The van der Waals surface area contributed by atoms with Gasteiger partial charge in [-0.2, -0.15) is 0 Å². The summed E-state index contributed by atoms with van der Waals surface area (Å²) in [6.07, 6.45) is 1.01. The third kappa shape index (κ3) is 5.97. The van der Waals surface area contributed by atoms with Gasteiger partial charge >= 0.3 is 5.97 Å². The fourth-order valence-electron chi connectivity index (χ4n) is 3.19. The Hall–Kier alpha value is -3.76. The van der Waals surface area contributed by atoms with Gasteiger partial charge in [0.1, 0.15) is 5.01 Å². The number of nitrogens with zero attached hydrogens (tertiary/aromatic N) is 1. The van der Waals surface area contributed by atoms with E-state index in [2.05, 4.69) is 21.1 Å². The van der Waals surface area contributed by atoms with Crippen LogP contribution >= 0.6 is 11.3 Å². The number of hydrogen-bond acceptors (Lipinski definition) is 7. The van der Waals surface area contributed by atoms with Crippen molar-refractivity contribution in [3.05, 3.63) is 77.9 Å². The molecule has 4 aromatic rings. The van der Waals surface area contributed by atoms with Crippen LogP contribution in [0, 0.1) is 6.92 Å². The van der Waals surface area contributed by atoms with E-state index < -0.39 is 28.5 Å². The second kappa shape index (κ2) is 9.62. The highest BCUT2D eigenvalue weighted by Gasteiger charge is 2.13. The summed E-state index contributed by atoms with van der Waals surface area (Å²) in [7, 11) is -3.48. The van der Waals surface area contributed by atoms with Gasteiger partial charge in [0.15, 0.2) is 6.61 Å². The van der Waals surface area contributed by atoms with Crippen LogP contribution in [0.3, 0.4) is 0 Å². The maximum atomic E-state index is 12.2. The standard InChI is InChI=1S/C24H21N3O5S2/c1-15-6-11-20-21(12-15)33-23(26-20)16-7-9-18(10-8-16)25-22(28)14-32-24(29)17-4-3-5-19(13-17)27-34(2,30)31/h3-13,27H,14H2,1-2H3,(H,25,28). The van der Waals surface area contributed by atoms with E-state index >= 15 is 0 Å². The molecule has 1 amide bonds. The van der Waals surface area contributed by atoms with Crippen molar-refractivity contribution in [2.45, 2.75) is 6.92 Å². The molecule has 0 aliphatic rings. The number of carbonyl (C=O) groups is 2. The van der Waals surface area contributed by atoms with Gasteiger partial charge in [0.25, 0.3) is 5.91 Å². The quantitative estimate of drug-likeness (QED) is 0.367. The highest BCUT2D eigenvalue weighted by Crippen LogP contribution is 2.31. The van der Waals surface area contributed by atoms with Crippen molar-refractivity contribution in [3.63, 3.8) is 0 Å². The molecule has 0 unspecified atom stereocenters. The molecule has 0 spiro atoms. The van der Waals surface area contributed by atoms with Gasteiger partial charge in [-0.3, -0.25) is 9.52 Å². The first-order valence-electron chi connectivity index (χ1n) is 10.2. The molecule has 8 nitrogen and oxygen atoms in total. The van der Waals surface area contributed by atoms with Gasteiger partial charge in [-0.1, -0.05) is 12.1 Å². The summed E-state index contributed by atoms with van der Waals surface area (Å²) in [6, 6.07) is 19.2. The molecule has 0 aliphatic carbocycles. The lowest BCUT2D eigenvalue weighted by molar-refractivity contribution is -0.119. The number of aryl methyl sites for hydroxylation is 1. The fourth-order valence-corrected chi connectivity index (χ4v) is 4.81. The normalized spacial score (nSPS) is 11.2. The van der Waals surface area contributed by atoms with Gasteiger partial charge in [0.2, 0.25) is 10.0 Å². The molecule has 34 heavy (non-hydrogen) atoms. The monoisotopic (exact) mass is 495 g/mol. The minimum absolute atomic E-state index is 0.122. The second-order valence-corrected chi connectivity index (χ2v) is 10.4. The molecule has 0 aliphatic heterocycles. The van der Waals surface area contributed by atoms with Crippen molar-refractivity contribution in [1.82, 2.24) is 4.98 Å². The number of hydrogen-bond donors (Lipinski definition) is 2. The van der Waals surface area contributed by atoms with Crippen molar-refractivity contribution < 1.29 is 22.7 Å². The van der Waals surface area contributed by atoms with Crippen LogP contribution in [0.1, 0.15) is 15.9 Å². The Morgan fingerprint density at radius 2 is 1.76 bits per heavy atom. The summed E-state index contributed by atoms with van der Waals surface area (Å²) in [5.74, 6) is -1.24. The van der Waals surface area contributed by atoms with Gasteiger partial charge in [0.05, 0.1) is 22.0 Å². The van der Waals surface area contributed by atoms with Gasteiger partial charge in [0, 0.05) is 16.9 Å². The van der Waals surface area contributed by atoms with Crippen LogP contribution in [0.5, 0.6) is 0 Å². The van der Waals surface area contributed by atoms with Crippen molar-refractivity contribution >= 4 is 54.8 Å². The molecule has 0 atom stereocenters. The van der Waals surface area contributed by atoms with Crippen LogP contribution in [0.2, 0.25) is 0 Å². The Kier molecular flexibility index (Phi) is 6.62. The number of aromatic nitrogens is 1. The highest BCUT2D eigenvalue weighted by molar-refractivity contribution is 7.92. The van der Waals surface area contributed by atoms with Crippen LogP contribution in [-0.2, 0) is 19.6 Å². The van der Waals surface area contributed by atoms with E-state index in [1.54, 1.807) is 23.5 Å². The average molecular weight is 496 g/mol. The molecule has 2 N–H and O–H groups in total. The van der Waals surface area contributed by atoms with Crippen molar-refractivity contribution in [3.8, 4) is 10.6 Å². The van der Waals surface area contributed by atoms with E-state index in [1.165, 1.54) is 29.8 Å². The van der Waals surface area contributed by atoms with Gasteiger partial charge in [-0.15, -0.1) is 11.3 Å². The summed E-state index contributed by atoms with van der Waals surface area (Å²) in [5.41, 5.74) is 3.97. The number of benzene rings is 3. The third-order valence-electron chi connectivity index (χ3n) is 4.70. The Morgan fingerprint density at radius 1 is 1.00 bits per heavy atom. The lowest BCUT2D eigenvalue weighted by atomic mass is 10.2. The summed E-state index contributed by atoms with van der Waals surface area (Å²) < 4.78 is 31.1. The highest BCUT2D eigenvalue weighted by atomic mass is 32.2. The first-order chi connectivity index (χ1) is 16.2. The molecule has 0 saturated heterocycles. The first kappa shape index (κ1) is 23.4. The zero-order chi connectivity index (χ0) is 24.3. The van der Waals surface area contributed by atoms with Crippen LogP contribution in [0.25, 0.3) is 20.8 Å². The molecule has 1 heterocycles. The number of ether oxygens (including phenoxy) is 1. The summed E-state index contributed by atoms with van der Waals surface area (Å²) in [4.78, 5) is 29.1. The molecular formula is C24H21N3O5S2. The molecule has 4 rings (SSSR count). The Balaban J connectivity index is 1.34. The van der Waals surface area contributed by atoms with Gasteiger partial charge in [-0.05, 0) is 67.1 Å². The van der Waals surface area contributed by atoms with E-state index in [1.807, 2.05) is 31.2 Å². The zero-order valence-corrected chi connectivity index (χ0v) is 20.0. The van der Waals surface area contributed by atoms with E-state index in [9.17, 15) is 18.0 Å². The molecule has 1 aromatic heterocycles. The molecule has 0 radical (unpaired) electrons. The lowest BCUT2D eigenvalue weighted by Gasteiger charge is -2.08. The number of anilines is 2. The molecule has 0 fully saturated rings. The maximum absolute atomic E-state index is 12.2. The number of rotatable bonds is 7. The minimum Gasteiger partial charge on any atom is -0.452 e. The molecular weight excluding hydrogens is 474 g/mol. The first-order valence-corrected chi connectivity index (χ1v) is 12.9. The van der Waals surface area contributed by atoms with E-state index in [-0.39, 0.29) is 11.3 Å². The number of sulfonamides is 1. The molecule has 0 saturated carbocycles. The van der Waals surface area contributed by atoms with E-state index in [0.29, 0.717) is 5.69 Å². The summed E-state index contributed by atoms with van der Waals surface area (Å²) >= 11 is 1.60. The number of carbonyl (C=O) groups excluding carboxylic acids is 2.